The van der Waals surface area contributed by atoms with Crippen LogP contribution in [0.5, 0.6) is 5.75 Å². The summed E-state index contributed by atoms with van der Waals surface area (Å²) < 4.78 is 46.2. The second kappa shape index (κ2) is 5.86. The molecule has 112 valence electrons. The van der Waals surface area contributed by atoms with Crippen molar-refractivity contribution in [2.45, 2.75) is 6.18 Å². The molecule has 5 nitrogen and oxygen atoms in total. The van der Waals surface area contributed by atoms with Crippen molar-refractivity contribution in [3.05, 3.63) is 36.0 Å². The number of alkyl halides is 3. The number of benzene rings is 1. The number of ether oxygens (including phenoxy) is 1. The van der Waals surface area contributed by atoms with Crippen LogP contribution in [0.1, 0.15) is 10.5 Å². The number of carbonyl (C=O) groups is 1. The average Bonchev–Trinajstić information content (AvgIpc) is 2.93. The highest BCUT2D eigenvalue weighted by molar-refractivity contribution is 5.93. The van der Waals surface area contributed by atoms with Gasteiger partial charge in [-0.15, -0.1) is 0 Å². The highest BCUT2D eigenvalue weighted by Crippen LogP contribution is 2.29. The van der Waals surface area contributed by atoms with Crippen molar-refractivity contribution in [1.82, 2.24) is 10.5 Å². The Labute approximate surface area is 117 Å². The first-order valence-corrected chi connectivity index (χ1v) is 5.86. The molecule has 0 radical (unpaired) electrons. The molecule has 8 heteroatoms. The molecule has 1 N–H and O–H groups in total. The van der Waals surface area contributed by atoms with Crippen LogP contribution in [0, 0.1) is 0 Å². The number of nitrogens with one attached hydrogen (secondary N) is 1. The second-order valence-electron chi connectivity index (χ2n) is 4.07. The Morgan fingerprint density at radius 1 is 1.38 bits per heavy atom. The Morgan fingerprint density at radius 2 is 2.10 bits per heavy atom. The molecule has 0 aliphatic rings. The van der Waals surface area contributed by atoms with Crippen LogP contribution in [-0.2, 0) is 0 Å². The summed E-state index contributed by atoms with van der Waals surface area (Å²) in [5.41, 5.74) is 0.308. The highest BCUT2D eigenvalue weighted by atomic mass is 19.4. The van der Waals surface area contributed by atoms with Crippen molar-refractivity contribution in [1.29, 1.82) is 0 Å². The summed E-state index contributed by atoms with van der Waals surface area (Å²) in [6, 6.07) is 8.08. The van der Waals surface area contributed by atoms with Crippen molar-refractivity contribution in [2.24, 2.45) is 0 Å². The first kappa shape index (κ1) is 14.9. The predicted molar refractivity (Wildman–Crippen MR) is 66.9 cm³/mol. The van der Waals surface area contributed by atoms with E-state index in [-0.39, 0.29) is 11.5 Å². The second-order valence-corrected chi connectivity index (χ2v) is 4.07. The van der Waals surface area contributed by atoms with E-state index in [1.165, 1.54) is 13.2 Å². The summed E-state index contributed by atoms with van der Waals surface area (Å²) >= 11 is 0. The smallest absolute Gasteiger partial charge is 0.405 e. The molecule has 0 saturated carbocycles. The van der Waals surface area contributed by atoms with E-state index in [9.17, 15) is 18.0 Å². The zero-order chi connectivity index (χ0) is 15.5. The van der Waals surface area contributed by atoms with Crippen LogP contribution in [-0.4, -0.2) is 30.9 Å². The maximum atomic E-state index is 12.0. The lowest BCUT2D eigenvalue weighted by Crippen LogP contribution is -2.33. The molecule has 0 aliphatic heterocycles. The van der Waals surface area contributed by atoms with Crippen LogP contribution >= 0.6 is 0 Å². The van der Waals surface area contributed by atoms with Crippen LogP contribution in [0.25, 0.3) is 11.3 Å². The minimum absolute atomic E-state index is 0.226. The number of nitrogens with zero attached hydrogens (tertiary/aromatic N) is 1. The van der Waals surface area contributed by atoms with E-state index in [0.717, 1.165) is 0 Å². The zero-order valence-electron chi connectivity index (χ0n) is 10.9. The molecule has 1 aromatic heterocycles. The SMILES string of the molecule is COc1ccccc1-c1cc(C(=O)NCC(F)(F)F)no1. The van der Waals surface area contributed by atoms with Gasteiger partial charge in [-0.3, -0.25) is 4.79 Å². The minimum atomic E-state index is -4.48. The summed E-state index contributed by atoms with van der Waals surface area (Å²) in [6.45, 7) is -1.43. The minimum Gasteiger partial charge on any atom is -0.496 e. The molecule has 2 aromatic rings. The number of rotatable bonds is 4. The number of methoxy groups -OCH3 is 1. The summed E-state index contributed by atoms with van der Waals surface area (Å²) in [5, 5.41) is 5.17. The van der Waals surface area contributed by atoms with Gasteiger partial charge in [0.25, 0.3) is 5.91 Å². The molecule has 2 rings (SSSR count). The molecule has 0 saturated heterocycles. The molecule has 21 heavy (non-hydrogen) atoms. The monoisotopic (exact) mass is 300 g/mol. The van der Waals surface area contributed by atoms with E-state index in [1.54, 1.807) is 29.6 Å². The number of amides is 1. The molecular weight excluding hydrogens is 289 g/mol. The number of hydrogen-bond donors (Lipinski definition) is 1. The summed E-state index contributed by atoms with van der Waals surface area (Å²) in [5.74, 6) is -0.238. The number of halogens is 3. The third-order valence-corrected chi connectivity index (χ3v) is 2.56. The fourth-order valence-electron chi connectivity index (χ4n) is 1.63. The molecule has 0 spiro atoms. The molecule has 0 aliphatic carbocycles. The number of hydrogen-bond acceptors (Lipinski definition) is 4. The third kappa shape index (κ3) is 3.74. The molecule has 0 bridgehead atoms. The van der Waals surface area contributed by atoms with Crippen molar-refractivity contribution >= 4 is 5.91 Å². The Balaban J connectivity index is 2.16. The van der Waals surface area contributed by atoms with Gasteiger partial charge in [0.2, 0.25) is 0 Å². The van der Waals surface area contributed by atoms with Gasteiger partial charge in [-0.25, -0.2) is 0 Å². The van der Waals surface area contributed by atoms with Crippen molar-refractivity contribution < 1.29 is 27.2 Å². The first-order chi connectivity index (χ1) is 9.90. The van der Waals surface area contributed by atoms with E-state index < -0.39 is 18.6 Å². The topological polar surface area (TPSA) is 64.4 Å². The van der Waals surface area contributed by atoms with Gasteiger partial charge >= 0.3 is 6.18 Å². The molecule has 0 fully saturated rings. The van der Waals surface area contributed by atoms with Crippen LogP contribution in [0.3, 0.4) is 0 Å². The van der Waals surface area contributed by atoms with E-state index in [4.69, 9.17) is 9.26 Å². The van der Waals surface area contributed by atoms with Crippen LogP contribution < -0.4 is 10.1 Å². The lowest BCUT2D eigenvalue weighted by atomic mass is 10.1. The average molecular weight is 300 g/mol. The largest absolute Gasteiger partial charge is 0.496 e. The first-order valence-electron chi connectivity index (χ1n) is 5.86. The van der Waals surface area contributed by atoms with E-state index in [1.807, 2.05) is 0 Å². The van der Waals surface area contributed by atoms with E-state index >= 15 is 0 Å². The van der Waals surface area contributed by atoms with Crippen molar-refractivity contribution in [2.75, 3.05) is 13.7 Å². The Kier molecular flexibility index (Phi) is 4.15. The van der Waals surface area contributed by atoms with Crippen molar-refractivity contribution in [3.8, 4) is 17.1 Å². The Morgan fingerprint density at radius 3 is 2.76 bits per heavy atom. The van der Waals surface area contributed by atoms with Gasteiger partial charge < -0.3 is 14.6 Å². The van der Waals surface area contributed by atoms with Gasteiger partial charge in [0.15, 0.2) is 11.5 Å². The Bertz CT molecular complexity index is 638. The van der Waals surface area contributed by atoms with Gasteiger partial charge in [0.05, 0.1) is 12.7 Å². The van der Waals surface area contributed by atoms with E-state index in [2.05, 4.69) is 5.16 Å². The third-order valence-electron chi connectivity index (χ3n) is 2.56. The summed E-state index contributed by atoms with van der Waals surface area (Å²) in [4.78, 5) is 11.5. The van der Waals surface area contributed by atoms with Crippen LogP contribution in [0.4, 0.5) is 13.2 Å². The number of aromatic nitrogens is 1. The quantitative estimate of drug-likeness (QED) is 0.942. The molecule has 1 heterocycles. The zero-order valence-corrected chi connectivity index (χ0v) is 10.9. The van der Waals surface area contributed by atoms with Gasteiger partial charge in [-0.05, 0) is 12.1 Å². The molecule has 1 aromatic carbocycles. The highest BCUT2D eigenvalue weighted by Gasteiger charge is 2.28. The van der Waals surface area contributed by atoms with E-state index in [0.29, 0.717) is 11.3 Å². The molecule has 0 unspecified atom stereocenters. The maximum Gasteiger partial charge on any atom is 0.405 e. The standard InChI is InChI=1S/C13H11F3N2O3/c1-20-10-5-3-2-4-8(10)11-6-9(18-21-11)12(19)17-7-13(14,15)16/h2-6H,7H2,1H3,(H,17,19). The predicted octanol–water partition coefficient (Wildman–Crippen LogP) is 2.64. The molecule has 0 atom stereocenters. The molecular formula is C13H11F3N2O3. The van der Waals surface area contributed by atoms with Gasteiger partial charge in [0, 0.05) is 6.07 Å². The fourth-order valence-corrected chi connectivity index (χ4v) is 1.63. The Hall–Kier alpha value is -2.51. The lowest BCUT2D eigenvalue weighted by Gasteiger charge is -2.06. The number of para-hydroxylation sites is 1. The lowest BCUT2D eigenvalue weighted by molar-refractivity contribution is -0.123. The van der Waals surface area contributed by atoms with Gasteiger partial charge in [0.1, 0.15) is 12.3 Å². The van der Waals surface area contributed by atoms with Crippen LogP contribution in [0.15, 0.2) is 34.9 Å². The van der Waals surface area contributed by atoms with Crippen molar-refractivity contribution in [3.63, 3.8) is 0 Å². The van der Waals surface area contributed by atoms with Gasteiger partial charge in [-0.2, -0.15) is 13.2 Å². The fraction of sp³-hybridized carbons (Fsp3) is 0.231. The molecule has 1 amide bonds. The van der Waals surface area contributed by atoms with Gasteiger partial charge in [-0.1, -0.05) is 17.3 Å². The number of carbonyl (C=O) groups excluding carboxylic acids is 1. The normalized spacial score (nSPS) is 11.2. The summed E-state index contributed by atoms with van der Waals surface area (Å²) in [6.07, 6.45) is -4.48. The maximum absolute atomic E-state index is 12.0. The van der Waals surface area contributed by atoms with Crippen LogP contribution in [0.2, 0.25) is 0 Å². The summed E-state index contributed by atoms with van der Waals surface area (Å²) in [7, 11) is 1.46.